The minimum absolute atomic E-state index is 0.0681. The predicted molar refractivity (Wildman–Crippen MR) is 60.6 cm³/mol. The van der Waals surface area contributed by atoms with Gasteiger partial charge < -0.3 is 0 Å². The molecule has 0 atom stereocenters. The van der Waals surface area contributed by atoms with Crippen molar-refractivity contribution in [2.24, 2.45) is 0 Å². The molecule has 0 aliphatic carbocycles. The SMILES string of the molecule is OCCP(Cl)(CCO)(CCO)CCO. The Morgan fingerprint density at radius 2 is 0.857 bits per heavy atom. The third-order valence-corrected chi connectivity index (χ3v) is 9.93. The summed E-state index contributed by atoms with van der Waals surface area (Å²) in [7, 11) is 0. The fourth-order valence-corrected chi connectivity index (χ4v) is 5.92. The Morgan fingerprint density at radius 3 is 1.00 bits per heavy atom. The van der Waals surface area contributed by atoms with Crippen LogP contribution in [0.25, 0.3) is 0 Å². The fraction of sp³-hybridized carbons (Fsp3) is 1.00. The molecule has 0 amide bonds. The van der Waals surface area contributed by atoms with E-state index in [2.05, 4.69) is 0 Å². The maximum atomic E-state index is 8.95. The summed E-state index contributed by atoms with van der Waals surface area (Å²) in [6.45, 7) is -0.273. The van der Waals surface area contributed by atoms with E-state index >= 15 is 0 Å². The van der Waals surface area contributed by atoms with Crippen LogP contribution in [0.15, 0.2) is 0 Å². The molecule has 0 aromatic heterocycles. The number of halogens is 1. The normalized spacial score (nSPS) is 15.1. The van der Waals surface area contributed by atoms with E-state index in [1.165, 1.54) is 0 Å². The Hall–Kier alpha value is 0.560. The molecule has 88 valence electrons. The predicted octanol–water partition coefficient (Wildman–Crippen LogP) is -0.337. The van der Waals surface area contributed by atoms with Crippen LogP contribution in [0.5, 0.6) is 0 Å². The summed E-state index contributed by atoms with van der Waals surface area (Å²) >= 11 is 6.49. The van der Waals surface area contributed by atoms with Crippen molar-refractivity contribution < 1.29 is 20.4 Å². The summed E-state index contributed by atoms with van der Waals surface area (Å²) in [5.41, 5.74) is 0. The van der Waals surface area contributed by atoms with Gasteiger partial charge in [-0.05, 0) is 0 Å². The summed E-state index contributed by atoms with van der Waals surface area (Å²) in [6, 6.07) is 0. The number of rotatable bonds is 8. The molecule has 0 rings (SSSR count). The first kappa shape index (κ1) is 14.6. The van der Waals surface area contributed by atoms with Gasteiger partial charge in [0.25, 0.3) is 0 Å². The van der Waals surface area contributed by atoms with Crippen molar-refractivity contribution in [1.82, 2.24) is 0 Å². The van der Waals surface area contributed by atoms with Crippen LogP contribution in [0.3, 0.4) is 0 Å². The van der Waals surface area contributed by atoms with E-state index in [0.717, 1.165) is 0 Å². The van der Waals surface area contributed by atoms with Crippen LogP contribution in [0.4, 0.5) is 0 Å². The van der Waals surface area contributed by atoms with Crippen molar-refractivity contribution in [3.05, 3.63) is 0 Å². The zero-order valence-electron chi connectivity index (χ0n) is 8.27. The fourth-order valence-electron chi connectivity index (χ4n) is 1.67. The zero-order valence-corrected chi connectivity index (χ0v) is 9.92. The molecule has 0 heterocycles. The Balaban J connectivity index is 4.69. The van der Waals surface area contributed by atoms with E-state index in [9.17, 15) is 0 Å². The maximum absolute atomic E-state index is 8.95. The summed E-state index contributed by atoms with van der Waals surface area (Å²) < 4.78 is 0. The Morgan fingerprint density at radius 1 is 0.643 bits per heavy atom. The molecule has 0 bridgehead atoms. The van der Waals surface area contributed by atoms with Gasteiger partial charge in [-0.15, -0.1) is 0 Å². The number of aliphatic hydroxyl groups is 4. The van der Waals surface area contributed by atoms with Crippen molar-refractivity contribution in [3.63, 3.8) is 0 Å². The zero-order chi connectivity index (χ0) is 11.1. The van der Waals surface area contributed by atoms with E-state index in [-0.39, 0.29) is 26.4 Å². The van der Waals surface area contributed by atoms with Gasteiger partial charge in [-0.2, -0.15) is 0 Å². The minimum atomic E-state index is -2.80. The molecule has 0 aromatic carbocycles. The summed E-state index contributed by atoms with van der Waals surface area (Å²) in [5, 5.41) is 35.8. The quantitative estimate of drug-likeness (QED) is 0.442. The molecule has 0 fully saturated rings. The third kappa shape index (κ3) is 3.97. The van der Waals surface area contributed by atoms with Crippen LogP contribution < -0.4 is 0 Å². The Bertz CT molecular complexity index is 132. The Kier molecular flexibility index (Phi) is 6.46. The van der Waals surface area contributed by atoms with Gasteiger partial charge in [-0.25, -0.2) is 0 Å². The first-order valence-electron chi connectivity index (χ1n) is 4.70. The van der Waals surface area contributed by atoms with Crippen LogP contribution >= 0.6 is 17.2 Å². The monoisotopic (exact) mass is 246 g/mol. The molecule has 0 saturated carbocycles. The average Bonchev–Trinajstić information content (AvgIpc) is 2.05. The van der Waals surface area contributed by atoms with Gasteiger partial charge >= 0.3 is 88.7 Å². The van der Waals surface area contributed by atoms with Crippen molar-refractivity contribution in [1.29, 1.82) is 0 Å². The van der Waals surface area contributed by atoms with Gasteiger partial charge in [0, 0.05) is 0 Å². The Labute approximate surface area is 89.2 Å². The first-order chi connectivity index (χ1) is 6.54. The second-order valence-corrected chi connectivity index (χ2v) is 11.9. The van der Waals surface area contributed by atoms with E-state index in [1.807, 2.05) is 0 Å². The summed E-state index contributed by atoms with van der Waals surface area (Å²) in [6.07, 6.45) is 1.54. The molecule has 0 spiro atoms. The molecular formula is C8H20ClO4P. The third-order valence-electron chi connectivity index (χ3n) is 2.64. The average molecular weight is 247 g/mol. The van der Waals surface area contributed by atoms with Gasteiger partial charge in [-0.1, -0.05) is 0 Å². The molecular weight excluding hydrogens is 227 g/mol. The van der Waals surface area contributed by atoms with Gasteiger partial charge in [-0.3, -0.25) is 0 Å². The summed E-state index contributed by atoms with van der Waals surface area (Å²) in [4.78, 5) is 0. The van der Waals surface area contributed by atoms with Gasteiger partial charge in [0.05, 0.1) is 0 Å². The van der Waals surface area contributed by atoms with E-state index < -0.39 is 5.96 Å². The second-order valence-electron chi connectivity index (χ2n) is 3.61. The van der Waals surface area contributed by atoms with Gasteiger partial charge in [0.2, 0.25) is 0 Å². The van der Waals surface area contributed by atoms with Crippen molar-refractivity contribution in [3.8, 4) is 0 Å². The van der Waals surface area contributed by atoms with Gasteiger partial charge in [0.1, 0.15) is 0 Å². The van der Waals surface area contributed by atoms with Crippen LogP contribution in [0.2, 0.25) is 0 Å². The topological polar surface area (TPSA) is 80.9 Å². The number of aliphatic hydroxyl groups excluding tert-OH is 4. The molecule has 0 aliphatic heterocycles. The molecule has 6 heteroatoms. The van der Waals surface area contributed by atoms with Crippen LogP contribution in [0.1, 0.15) is 0 Å². The molecule has 4 nitrogen and oxygen atoms in total. The second kappa shape index (κ2) is 6.21. The summed E-state index contributed by atoms with van der Waals surface area (Å²) in [5.74, 6) is -2.80. The molecule has 4 N–H and O–H groups in total. The van der Waals surface area contributed by atoms with Crippen molar-refractivity contribution in [2.75, 3.05) is 51.1 Å². The first-order valence-corrected chi connectivity index (χ1v) is 8.58. The van der Waals surface area contributed by atoms with E-state index in [0.29, 0.717) is 24.6 Å². The van der Waals surface area contributed by atoms with Crippen molar-refractivity contribution in [2.45, 2.75) is 0 Å². The molecule has 0 radical (unpaired) electrons. The van der Waals surface area contributed by atoms with Crippen LogP contribution in [-0.2, 0) is 0 Å². The van der Waals surface area contributed by atoms with E-state index in [4.69, 9.17) is 31.7 Å². The number of hydrogen-bond donors (Lipinski definition) is 4. The van der Waals surface area contributed by atoms with Crippen LogP contribution in [-0.4, -0.2) is 71.5 Å². The van der Waals surface area contributed by atoms with Crippen molar-refractivity contribution >= 4 is 17.2 Å². The molecule has 0 aliphatic rings. The van der Waals surface area contributed by atoms with Crippen LogP contribution in [0, 0.1) is 0 Å². The molecule has 0 aromatic rings. The van der Waals surface area contributed by atoms with Gasteiger partial charge in [0.15, 0.2) is 0 Å². The standard InChI is InChI=1S/C8H20ClO4P/c9-14(5-1-10,6-2-11,7-3-12)8-4-13/h10-13H,1-8H2. The molecule has 14 heavy (non-hydrogen) atoms. The number of hydrogen-bond acceptors (Lipinski definition) is 4. The molecule has 0 unspecified atom stereocenters. The van der Waals surface area contributed by atoms with E-state index in [1.54, 1.807) is 0 Å². The molecule has 0 saturated heterocycles.